The van der Waals surface area contributed by atoms with E-state index in [1.165, 1.54) is 96.3 Å². The highest BCUT2D eigenvalue weighted by atomic mass is 32.1. The Morgan fingerprint density at radius 2 is 1.18 bits per heavy atom. The summed E-state index contributed by atoms with van der Waals surface area (Å²) in [7, 11) is 3.95. The second kappa shape index (κ2) is 28.6. The van der Waals surface area contributed by atoms with E-state index in [2.05, 4.69) is 31.0 Å². The van der Waals surface area contributed by atoms with E-state index in [0.717, 1.165) is 63.4 Å². The molecule has 0 bridgehead atoms. The number of esters is 1. The second-order valence-corrected chi connectivity index (χ2v) is 12.0. The fourth-order valence-electron chi connectivity index (χ4n) is 5.03. The Bertz CT molecular complexity index is 543. The third-order valence-corrected chi connectivity index (χ3v) is 8.20. The first-order valence-electron chi connectivity index (χ1n) is 16.8. The standard InChI is InChI=1S/C33H67N3O2S/c1-6-9-11-13-16-20-25-31(26-21-17-14-12-10-7-2)38-32(37)27-22-18-15-19-23-29-36(8-3)30-24-28-34-33(39)35(4)5/h31H,6-30H2,1-5H3,(H,34,39). The van der Waals surface area contributed by atoms with Gasteiger partial charge in [0.25, 0.3) is 0 Å². The van der Waals surface area contributed by atoms with Gasteiger partial charge in [0.2, 0.25) is 0 Å². The molecule has 0 aromatic rings. The van der Waals surface area contributed by atoms with Crippen LogP contribution in [-0.2, 0) is 9.53 Å². The highest BCUT2D eigenvalue weighted by Gasteiger charge is 2.14. The van der Waals surface area contributed by atoms with Crippen LogP contribution in [0.15, 0.2) is 0 Å². The van der Waals surface area contributed by atoms with Crippen LogP contribution in [0.25, 0.3) is 0 Å². The molecule has 6 heteroatoms. The summed E-state index contributed by atoms with van der Waals surface area (Å²) in [4.78, 5) is 17.1. The highest BCUT2D eigenvalue weighted by Crippen LogP contribution is 2.18. The number of unbranched alkanes of at least 4 members (excludes halogenated alkanes) is 14. The average molecular weight is 570 g/mol. The van der Waals surface area contributed by atoms with Crippen LogP contribution in [0, 0.1) is 0 Å². The molecule has 0 atom stereocenters. The molecule has 0 aromatic carbocycles. The molecule has 0 radical (unpaired) electrons. The van der Waals surface area contributed by atoms with E-state index < -0.39 is 0 Å². The molecule has 0 saturated heterocycles. The van der Waals surface area contributed by atoms with E-state index in [9.17, 15) is 4.79 Å². The predicted octanol–water partition coefficient (Wildman–Crippen LogP) is 8.89. The quantitative estimate of drug-likeness (QED) is 0.0577. The molecule has 0 amide bonds. The van der Waals surface area contributed by atoms with E-state index in [0.29, 0.717) is 6.42 Å². The van der Waals surface area contributed by atoms with Gasteiger partial charge in [-0.05, 0) is 76.8 Å². The van der Waals surface area contributed by atoms with Gasteiger partial charge in [-0.25, -0.2) is 0 Å². The minimum Gasteiger partial charge on any atom is -0.462 e. The molecule has 0 rings (SSSR count). The van der Waals surface area contributed by atoms with Gasteiger partial charge >= 0.3 is 5.97 Å². The molecular weight excluding hydrogens is 502 g/mol. The van der Waals surface area contributed by atoms with Gasteiger partial charge in [-0.1, -0.05) is 104 Å². The lowest BCUT2D eigenvalue weighted by molar-refractivity contribution is -0.150. The molecule has 0 spiro atoms. The van der Waals surface area contributed by atoms with Gasteiger partial charge in [0.05, 0.1) is 0 Å². The zero-order valence-electron chi connectivity index (χ0n) is 26.9. The summed E-state index contributed by atoms with van der Waals surface area (Å²) in [6.45, 7) is 11.1. The zero-order valence-corrected chi connectivity index (χ0v) is 27.7. The number of nitrogens with zero attached hydrogens (tertiary/aromatic N) is 2. The molecule has 232 valence electrons. The van der Waals surface area contributed by atoms with Crippen molar-refractivity contribution in [3.05, 3.63) is 0 Å². The smallest absolute Gasteiger partial charge is 0.306 e. The third-order valence-electron chi connectivity index (χ3n) is 7.69. The molecule has 5 nitrogen and oxygen atoms in total. The molecule has 0 aliphatic rings. The van der Waals surface area contributed by atoms with Crippen LogP contribution in [0.5, 0.6) is 0 Å². The highest BCUT2D eigenvalue weighted by molar-refractivity contribution is 7.80. The lowest BCUT2D eigenvalue weighted by atomic mass is 10.0. The Labute approximate surface area is 249 Å². The minimum atomic E-state index is 0.0384. The molecular formula is C33H67N3O2S. The van der Waals surface area contributed by atoms with Crippen molar-refractivity contribution in [2.45, 2.75) is 162 Å². The van der Waals surface area contributed by atoms with Crippen molar-refractivity contribution < 1.29 is 9.53 Å². The second-order valence-electron chi connectivity index (χ2n) is 11.7. The maximum Gasteiger partial charge on any atom is 0.306 e. The van der Waals surface area contributed by atoms with Gasteiger partial charge in [0.15, 0.2) is 5.11 Å². The van der Waals surface area contributed by atoms with E-state index in [1.54, 1.807) is 0 Å². The van der Waals surface area contributed by atoms with Crippen molar-refractivity contribution >= 4 is 23.3 Å². The van der Waals surface area contributed by atoms with Crippen LogP contribution >= 0.6 is 12.2 Å². The zero-order chi connectivity index (χ0) is 29.0. The van der Waals surface area contributed by atoms with Gasteiger partial charge in [-0.3, -0.25) is 4.79 Å². The summed E-state index contributed by atoms with van der Waals surface area (Å²) >= 11 is 5.28. The van der Waals surface area contributed by atoms with Crippen molar-refractivity contribution in [2.75, 3.05) is 40.3 Å². The fraction of sp³-hybridized carbons (Fsp3) is 0.939. The number of hydrogen-bond donors (Lipinski definition) is 1. The molecule has 0 aliphatic heterocycles. The maximum atomic E-state index is 12.6. The van der Waals surface area contributed by atoms with Crippen LogP contribution in [0.4, 0.5) is 0 Å². The Morgan fingerprint density at radius 1 is 0.692 bits per heavy atom. The van der Waals surface area contributed by atoms with E-state index >= 15 is 0 Å². The van der Waals surface area contributed by atoms with Gasteiger partial charge < -0.3 is 19.9 Å². The summed E-state index contributed by atoms with van der Waals surface area (Å²) in [6, 6.07) is 0. The summed E-state index contributed by atoms with van der Waals surface area (Å²) in [5, 5.41) is 4.12. The average Bonchev–Trinajstić information content (AvgIpc) is 2.92. The largest absolute Gasteiger partial charge is 0.462 e. The van der Waals surface area contributed by atoms with E-state index in [-0.39, 0.29) is 12.1 Å². The number of hydrogen-bond acceptors (Lipinski definition) is 4. The maximum absolute atomic E-state index is 12.6. The molecule has 0 aliphatic carbocycles. The van der Waals surface area contributed by atoms with Crippen molar-refractivity contribution in [1.82, 2.24) is 15.1 Å². The van der Waals surface area contributed by atoms with Crippen LogP contribution in [-0.4, -0.2) is 67.3 Å². The van der Waals surface area contributed by atoms with Gasteiger partial charge in [0.1, 0.15) is 6.10 Å². The molecule has 0 heterocycles. The Balaban J connectivity index is 4.03. The number of carbonyl (C=O) groups is 1. The topological polar surface area (TPSA) is 44.8 Å². The van der Waals surface area contributed by atoms with E-state index in [4.69, 9.17) is 17.0 Å². The van der Waals surface area contributed by atoms with Gasteiger partial charge in [0, 0.05) is 27.1 Å². The number of ether oxygens (including phenoxy) is 1. The van der Waals surface area contributed by atoms with Crippen molar-refractivity contribution in [3.8, 4) is 0 Å². The van der Waals surface area contributed by atoms with Crippen molar-refractivity contribution in [3.63, 3.8) is 0 Å². The number of thiocarbonyl (C=S) groups is 1. The van der Waals surface area contributed by atoms with Crippen LogP contribution < -0.4 is 5.32 Å². The lowest BCUT2D eigenvalue weighted by Crippen LogP contribution is -2.36. The van der Waals surface area contributed by atoms with Crippen LogP contribution in [0.1, 0.15) is 156 Å². The number of carbonyl (C=O) groups excluding carboxylic acids is 1. The summed E-state index contributed by atoms with van der Waals surface area (Å²) in [5.74, 6) is 0.0384. The molecule has 0 aromatic heterocycles. The Morgan fingerprint density at radius 3 is 1.72 bits per heavy atom. The summed E-state index contributed by atoms with van der Waals surface area (Å²) in [6.07, 6.45) is 25.3. The van der Waals surface area contributed by atoms with Crippen molar-refractivity contribution in [2.24, 2.45) is 0 Å². The molecule has 0 fully saturated rings. The summed E-state index contributed by atoms with van der Waals surface area (Å²) in [5.41, 5.74) is 0. The van der Waals surface area contributed by atoms with E-state index in [1.807, 2.05) is 19.0 Å². The van der Waals surface area contributed by atoms with Crippen molar-refractivity contribution in [1.29, 1.82) is 0 Å². The molecule has 0 unspecified atom stereocenters. The molecule has 0 saturated carbocycles. The molecule has 39 heavy (non-hydrogen) atoms. The first-order valence-corrected chi connectivity index (χ1v) is 17.2. The monoisotopic (exact) mass is 569 g/mol. The van der Waals surface area contributed by atoms with Gasteiger partial charge in [-0.15, -0.1) is 0 Å². The third kappa shape index (κ3) is 25.8. The first-order chi connectivity index (χ1) is 18.9. The molecule has 1 N–H and O–H groups in total. The lowest BCUT2D eigenvalue weighted by Gasteiger charge is -2.21. The number of nitrogens with one attached hydrogen (secondary N) is 1. The van der Waals surface area contributed by atoms with Crippen LogP contribution in [0.3, 0.4) is 0 Å². The Hall–Kier alpha value is -0.880. The number of rotatable bonds is 28. The fourth-order valence-corrected chi connectivity index (χ4v) is 5.13. The predicted molar refractivity (Wildman–Crippen MR) is 175 cm³/mol. The minimum absolute atomic E-state index is 0.0384. The van der Waals surface area contributed by atoms with Crippen LogP contribution in [0.2, 0.25) is 0 Å². The summed E-state index contributed by atoms with van der Waals surface area (Å²) < 4.78 is 5.99. The first kappa shape index (κ1) is 38.1. The normalized spacial score (nSPS) is 11.4. The SMILES string of the molecule is CCCCCCCCC(CCCCCCCC)OC(=O)CCCCCCCN(CC)CCCNC(=S)N(C)C. The van der Waals surface area contributed by atoms with Gasteiger partial charge in [-0.2, -0.15) is 0 Å². The Kier molecular flexibility index (Phi) is 28.0.